The van der Waals surface area contributed by atoms with Crippen molar-refractivity contribution >= 4 is 18.1 Å². The summed E-state index contributed by atoms with van der Waals surface area (Å²) in [6.07, 6.45) is 4.85. The largest absolute Gasteiger partial charge is 0.508 e. The van der Waals surface area contributed by atoms with E-state index in [2.05, 4.69) is 17.3 Å². The number of para-hydroxylation sites is 1. The molecule has 0 saturated carbocycles. The van der Waals surface area contributed by atoms with Gasteiger partial charge in [0, 0.05) is 24.8 Å². The van der Waals surface area contributed by atoms with E-state index >= 15 is 0 Å². The third-order valence-electron chi connectivity index (χ3n) is 2.56. The maximum absolute atomic E-state index is 9.62. The molecule has 2 rings (SSSR count). The van der Waals surface area contributed by atoms with Gasteiger partial charge in [0.2, 0.25) is 0 Å². The van der Waals surface area contributed by atoms with Gasteiger partial charge in [-0.2, -0.15) is 5.10 Å². The third kappa shape index (κ3) is 3.67. The number of halogens is 1. The summed E-state index contributed by atoms with van der Waals surface area (Å²) in [6.45, 7) is 3.65. The number of phenols is 1. The minimum absolute atomic E-state index is 0. The van der Waals surface area contributed by atoms with E-state index in [0.29, 0.717) is 12.3 Å². The van der Waals surface area contributed by atoms with E-state index in [1.54, 1.807) is 12.3 Å². The lowest BCUT2D eigenvalue weighted by molar-refractivity contribution is 0.469. The van der Waals surface area contributed by atoms with Gasteiger partial charge >= 0.3 is 0 Å². The van der Waals surface area contributed by atoms with Crippen molar-refractivity contribution in [3.63, 3.8) is 0 Å². The molecule has 2 N–H and O–H groups in total. The van der Waals surface area contributed by atoms with Crippen LogP contribution < -0.4 is 5.32 Å². The Morgan fingerprint density at radius 3 is 2.83 bits per heavy atom. The normalized spacial score (nSPS) is 9.83. The molecule has 0 amide bonds. The van der Waals surface area contributed by atoms with E-state index < -0.39 is 0 Å². The summed E-state index contributed by atoms with van der Waals surface area (Å²) < 4.78 is 1.91. The minimum atomic E-state index is 0. The van der Waals surface area contributed by atoms with Gasteiger partial charge in [0.25, 0.3) is 0 Å². The first-order chi connectivity index (χ1) is 8.29. The smallest absolute Gasteiger partial charge is 0.120 e. The number of aromatic nitrogens is 2. The highest BCUT2D eigenvalue weighted by Crippen LogP contribution is 2.17. The maximum Gasteiger partial charge on any atom is 0.120 e. The number of anilines is 1. The summed E-state index contributed by atoms with van der Waals surface area (Å²) in [5, 5.41) is 17.1. The molecule has 2 aromatic rings. The lowest BCUT2D eigenvalue weighted by Crippen LogP contribution is -1.99. The Hall–Kier alpha value is -1.68. The molecule has 0 spiro atoms. The van der Waals surface area contributed by atoms with Crippen molar-refractivity contribution in [2.45, 2.75) is 26.4 Å². The third-order valence-corrected chi connectivity index (χ3v) is 2.56. The lowest BCUT2D eigenvalue weighted by Gasteiger charge is -2.05. The molecule has 0 bridgehead atoms. The maximum atomic E-state index is 9.62. The van der Waals surface area contributed by atoms with Gasteiger partial charge < -0.3 is 10.4 Å². The number of aryl methyl sites for hydroxylation is 1. The molecule has 4 nitrogen and oxygen atoms in total. The highest BCUT2D eigenvalue weighted by molar-refractivity contribution is 5.85. The molecule has 0 saturated heterocycles. The molecule has 0 aliphatic rings. The van der Waals surface area contributed by atoms with Crippen LogP contribution in [0.4, 0.5) is 5.69 Å². The molecular weight excluding hydrogens is 250 g/mol. The Kier molecular flexibility index (Phi) is 5.52. The van der Waals surface area contributed by atoms with Crippen LogP contribution in [0.25, 0.3) is 0 Å². The number of benzene rings is 1. The number of hydrogen-bond donors (Lipinski definition) is 2. The average molecular weight is 268 g/mol. The van der Waals surface area contributed by atoms with Gasteiger partial charge in [0.05, 0.1) is 11.9 Å². The fraction of sp³-hybridized carbons (Fsp3) is 0.308. The minimum Gasteiger partial charge on any atom is -0.508 e. The number of nitrogens with zero attached hydrogens (tertiary/aromatic N) is 2. The predicted octanol–water partition coefficient (Wildman–Crippen LogP) is 3.03. The molecule has 0 aliphatic heterocycles. The molecule has 0 fully saturated rings. The second-order valence-corrected chi connectivity index (χ2v) is 3.97. The summed E-state index contributed by atoms with van der Waals surface area (Å²) in [4.78, 5) is 0. The Labute approximate surface area is 113 Å². The van der Waals surface area contributed by atoms with E-state index in [-0.39, 0.29) is 12.4 Å². The molecule has 18 heavy (non-hydrogen) atoms. The van der Waals surface area contributed by atoms with Gasteiger partial charge in [-0.15, -0.1) is 12.4 Å². The summed E-state index contributed by atoms with van der Waals surface area (Å²) in [6, 6.07) is 7.33. The molecule has 0 atom stereocenters. The van der Waals surface area contributed by atoms with E-state index in [4.69, 9.17) is 0 Å². The first-order valence-electron chi connectivity index (χ1n) is 5.83. The number of phenolic OH excluding ortho intramolecular Hbond substituents is 1. The van der Waals surface area contributed by atoms with Crippen LogP contribution >= 0.6 is 12.4 Å². The highest BCUT2D eigenvalue weighted by Gasteiger charge is 2.01. The van der Waals surface area contributed by atoms with Gasteiger partial charge in [0.1, 0.15) is 5.75 Å². The van der Waals surface area contributed by atoms with Gasteiger partial charge in [-0.1, -0.05) is 25.1 Å². The number of hydrogen-bond acceptors (Lipinski definition) is 3. The van der Waals surface area contributed by atoms with Gasteiger partial charge in [0.15, 0.2) is 0 Å². The zero-order valence-corrected chi connectivity index (χ0v) is 11.2. The molecule has 98 valence electrons. The molecule has 1 aromatic heterocycles. The number of rotatable bonds is 5. The molecule has 0 unspecified atom stereocenters. The van der Waals surface area contributed by atoms with Crippen LogP contribution in [0.1, 0.15) is 18.9 Å². The Balaban J connectivity index is 0.00000162. The van der Waals surface area contributed by atoms with E-state index in [1.807, 2.05) is 29.1 Å². The van der Waals surface area contributed by atoms with E-state index in [0.717, 1.165) is 24.2 Å². The van der Waals surface area contributed by atoms with Crippen molar-refractivity contribution < 1.29 is 5.11 Å². The summed E-state index contributed by atoms with van der Waals surface area (Å²) in [5.41, 5.74) is 1.86. The number of aromatic hydroxyl groups is 1. The van der Waals surface area contributed by atoms with Crippen molar-refractivity contribution in [1.82, 2.24) is 9.78 Å². The van der Waals surface area contributed by atoms with Crippen LogP contribution in [-0.4, -0.2) is 14.9 Å². The van der Waals surface area contributed by atoms with Gasteiger partial charge in [-0.25, -0.2) is 0 Å². The van der Waals surface area contributed by atoms with Crippen LogP contribution in [0.2, 0.25) is 0 Å². The van der Waals surface area contributed by atoms with Crippen LogP contribution in [0, 0.1) is 0 Å². The SMILES string of the molecule is CCCn1cc(NCc2ccccc2O)cn1.Cl. The van der Waals surface area contributed by atoms with Gasteiger partial charge in [-0.3, -0.25) is 4.68 Å². The highest BCUT2D eigenvalue weighted by atomic mass is 35.5. The second kappa shape index (κ2) is 6.91. The quantitative estimate of drug-likeness (QED) is 0.875. The van der Waals surface area contributed by atoms with E-state index in [1.165, 1.54) is 0 Å². The molecule has 5 heteroatoms. The van der Waals surface area contributed by atoms with Crippen LogP contribution in [-0.2, 0) is 13.1 Å². The standard InChI is InChI=1S/C13H17N3O.ClH/c1-2-7-16-10-12(9-15-16)14-8-11-5-3-4-6-13(11)17;/h3-6,9-10,14,17H,2,7-8H2,1H3;1H. The summed E-state index contributed by atoms with van der Waals surface area (Å²) in [7, 11) is 0. The molecular formula is C13H18ClN3O. The number of nitrogens with one attached hydrogen (secondary N) is 1. The fourth-order valence-electron chi connectivity index (χ4n) is 1.66. The van der Waals surface area contributed by atoms with Gasteiger partial charge in [-0.05, 0) is 12.5 Å². The van der Waals surface area contributed by atoms with Crippen LogP contribution in [0.15, 0.2) is 36.7 Å². The van der Waals surface area contributed by atoms with Crippen molar-refractivity contribution in [2.24, 2.45) is 0 Å². The first kappa shape index (κ1) is 14.4. The second-order valence-electron chi connectivity index (χ2n) is 3.97. The van der Waals surface area contributed by atoms with Crippen LogP contribution in [0.5, 0.6) is 5.75 Å². The zero-order valence-electron chi connectivity index (χ0n) is 10.3. The lowest BCUT2D eigenvalue weighted by atomic mass is 10.2. The predicted molar refractivity (Wildman–Crippen MR) is 75.2 cm³/mol. The Morgan fingerprint density at radius 1 is 1.33 bits per heavy atom. The monoisotopic (exact) mass is 267 g/mol. The van der Waals surface area contributed by atoms with Crippen molar-refractivity contribution in [3.05, 3.63) is 42.2 Å². The molecule has 1 heterocycles. The van der Waals surface area contributed by atoms with Crippen molar-refractivity contribution in [3.8, 4) is 5.75 Å². The van der Waals surface area contributed by atoms with Crippen LogP contribution in [0.3, 0.4) is 0 Å². The zero-order chi connectivity index (χ0) is 12.1. The topological polar surface area (TPSA) is 50.1 Å². The Morgan fingerprint density at radius 2 is 2.11 bits per heavy atom. The molecule has 0 aliphatic carbocycles. The molecule has 0 radical (unpaired) electrons. The Bertz CT molecular complexity index is 485. The molecule has 1 aromatic carbocycles. The summed E-state index contributed by atoms with van der Waals surface area (Å²) >= 11 is 0. The van der Waals surface area contributed by atoms with Crippen molar-refractivity contribution in [2.75, 3.05) is 5.32 Å². The fourth-order valence-corrected chi connectivity index (χ4v) is 1.66. The summed E-state index contributed by atoms with van der Waals surface area (Å²) in [5.74, 6) is 0.320. The van der Waals surface area contributed by atoms with Crippen molar-refractivity contribution in [1.29, 1.82) is 0 Å². The average Bonchev–Trinajstić information content (AvgIpc) is 2.76. The van der Waals surface area contributed by atoms with E-state index in [9.17, 15) is 5.11 Å². The first-order valence-corrected chi connectivity index (χ1v) is 5.83.